The van der Waals surface area contributed by atoms with Crippen molar-refractivity contribution in [2.45, 2.75) is 6.04 Å². The van der Waals surface area contributed by atoms with Crippen molar-refractivity contribution in [2.24, 2.45) is 0 Å². The first-order chi connectivity index (χ1) is 11.8. The lowest BCUT2D eigenvalue weighted by Crippen LogP contribution is -2.19. The molecule has 0 spiro atoms. The molecule has 3 heteroatoms. The first-order valence-corrected chi connectivity index (χ1v) is 8.82. The van der Waals surface area contributed by atoms with E-state index in [0.717, 1.165) is 4.47 Å². The molecule has 1 unspecified atom stereocenters. The van der Waals surface area contributed by atoms with Gasteiger partial charge in [0.05, 0.1) is 11.7 Å². The van der Waals surface area contributed by atoms with Gasteiger partial charge in [-0.15, -0.1) is 0 Å². The number of aromatic nitrogens is 1. The number of benzene rings is 2. The Balaban J connectivity index is 1.81. The average Bonchev–Trinajstić information content (AvgIpc) is 3.02. The van der Waals surface area contributed by atoms with E-state index in [1.54, 1.807) is 0 Å². The fourth-order valence-corrected chi connectivity index (χ4v) is 3.88. The number of rotatable bonds is 1. The van der Waals surface area contributed by atoms with Crippen LogP contribution >= 0.6 is 15.9 Å². The zero-order chi connectivity index (χ0) is 16.1. The summed E-state index contributed by atoms with van der Waals surface area (Å²) in [5.74, 6) is 0. The fraction of sp³-hybridized carbons (Fsp3) is 0.0476. The van der Waals surface area contributed by atoms with Gasteiger partial charge in [-0.3, -0.25) is 0 Å². The van der Waals surface area contributed by atoms with E-state index in [2.05, 4.69) is 105 Å². The van der Waals surface area contributed by atoms with Crippen molar-refractivity contribution in [3.63, 3.8) is 0 Å². The van der Waals surface area contributed by atoms with Crippen LogP contribution in [0.2, 0.25) is 0 Å². The van der Waals surface area contributed by atoms with E-state index in [1.165, 1.54) is 33.6 Å². The molecule has 0 radical (unpaired) electrons. The molecule has 0 aliphatic carbocycles. The molecule has 5 rings (SSSR count). The summed E-state index contributed by atoms with van der Waals surface area (Å²) in [7, 11) is 0. The molecular formula is C21H15BrN2. The zero-order valence-corrected chi connectivity index (χ0v) is 14.5. The predicted molar refractivity (Wildman–Crippen MR) is 102 cm³/mol. The molecule has 0 amide bonds. The quantitative estimate of drug-likeness (QED) is 0.439. The molecule has 0 bridgehead atoms. The van der Waals surface area contributed by atoms with Crippen LogP contribution in [0, 0.1) is 0 Å². The van der Waals surface area contributed by atoms with Gasteiger partial charge in [0.1, 0.15) is 0 Å². The summed E-state index contributed by atoms with van der Waals surface area (Å²) in [5, 5.41) is 3.73. The van der Waals surface area contributed by atoms with E-state index in [0.29, 0.717) is 0 Å². The highest BCUT2D eigenvalue weighted by Gasteiger charge is 2.28. The smallest absolute Gasteiger partial charge is 0.0929 e. The Morgan fingerprint density at radius 1 is 0.833 bits per heavy atom. The Bertz CT molecular complexity index is 1050. The van der Waals surface area contributed by atoms with Crippen molar-refractivity contribution in [1.82, 2.24) is 4.40 Å². The van der Waals surface area contributed by atoms with Gasteiger partial charge in [0.25, 0.3) is 0 Å². The maximum absolute atomic E-state index is 3.73. The van der Waals surface area contributed by atoms with Gasteiger partial charge in [-0.05, 0) is 42.0 Å². The average molecular weight is 375 g/mol. The lowest BCUT2D eigenvalue weighted by atomic mass is 9.91. The van der Waals surface area contributed by atoms with Crippen LogP contribution in [0.15, 0.2) is 83.5 Å². The molecule has 0 saturated heterocycles. The molecule has 116 valence electrons. The van der Waals surface area contributed by atoms with Gasteiger partial charge >= 0.3 is 0 Å². The fourth-order valence-electron chi connectivity index (χ4n) is 3.62. The number of para-hydroxylation sites is 1. The van der Waals surface area contributed by atoms with E-state index in [1.807, 2.05) is 0 Å². The van der Waals surface area contributed by atoms with Gasteiger partial charge in [-0.1, -0.05) is 52.3 Å². The molecule has 1 aliphatic heterocycles. The Hall–Kier alpha value is -2.52. The molecule has 2 aromatic heterocycles. The van der Waals surface area contributed by atoms with Crippen molar-refractivity contribution in [1.29, 1.82) is 0 Å². The molecule has 2 aromatic carbocycles. The van der Waals surface area contributed by atoms with E-state index >= 15 is 0 Å². The van der Waals surface area contributed by atoms with Gasteiger partial charge in [-0.25, -0.2) is 0 Å². The second kappa shape index (κ2) is 5.25. The van der Waals surface area contributed by atoms with Crippen LogP contribution in [0.4, 0.5) is 5.69 Å². The summed E-state index contributed by atoms with van der Waals surface area (Å²) in [6.07, 6.45) is 2.15. The highest BCUT2D eigenvalue weighted by Crippen LogP contribution is 2.44. The van der Waals surface area contributed by atoms with E-state index < -0.39 is 0 Å². The van der Waals surface area contributed by atoms with E-state index in [4.69, 9.17) is 0 Å². The number of anilines is 1. The summed E-state index contributed by atoms with van der Waals surface area (Å²) in [6, 6.07) is 25.9. The minimum absolute atomic E-state index is 0.132. The minimum Gasteiger partial charge on any atom is -0.372 e. The third-order valence-corrected chi connectivity index (χ3v) is 5.24. The van der Waals surface area contributed by atoms with Gasteiger partial charge in [0.15, 0.2) is 0 Å². The molecule has 0 fully saturated rings. The van der Waals surface area contributed by atoms with Gasteiger partial charge < -0.3 is 9.72 Å². The van der Waals surface area contributed by atoms with Crippen LogP contribution in [0.3, 0.4) is 0 Å². The number of hydrogen-bond donors (Lipinski definition) is 1. The normalized spacial score (nSPS) is 15.6. The van der Waals surface area contributed by atoms with Crippen LogP contribution in [0.1, 0.15) is 17.3 Å². The summed E-state index contributed by atoms with van der Waals surface area (Å²) in [6.45, 7) is 0. The van der Waals surface area contributed by atoms with Crippen LogP contribution in [0.25, 0.3) is 16.6 Å². The second-order valence-electron chi connectivity index (χ2n) is 6.11. The Morgan fingerprint density at radius 3 is 2.50 bits per heavy atom. The maximum atomic E-state index is 3.73. The first kappa shape index (κ1) is 13.9. The highest BCUT2D eigenvalue weighted by atomic mass is 79.9. The van der Waals surface area contributed by atoms with E-state index in [9.17, 15) is 0 Å². The van der Waals surface area contributed by atoms with Crippen LogP contribution in [0.5, 0.6) is 0 Å². The number of halogens is 1. The molecule has 1 atom stereocenters. The second-order valence-corrected chi connectivity index (χ2v) is 7.03. The van der Waals surface area contributed by atoms with Crippen LogP contribution < -0.4 is 5.32 Å². The summed E-state index contributed by atoms with van der Waals surface area (Å²) in [4.78, 5) is 0. The molecule has 24 heavy (non-hydrogen) atoms. The van der Waals surface area contributed by atoms with Crippen molar-refractivity contribution in [2.75, 3.05) is 5.32 Å². The number of pyridine rings is 1. The molecule has 4 aromatic rings. The highest BCUT2D eigenvalue weighted by molar-refractivity contribution is 9.10. The van der Waals surface area contributed by atoms with Crippen molar-refractivity contribution < 1.29 is 0 Å². The lowest BCUT2D eigenvalue weighted by Gasteiger charge is -2.28. The largest absolute Gasteiger partial charge is 0.372 e. The predicted octanol–water partition coefficient (Wildman–Crippen LogP) is 5.88. The minimum atomic E-state index is 0.132. The summed E-state index contributed by atoms with van der Waals surface area (Å²) < 4.78 is 3.40. The van der Waals surface area contributed by atoms with Crippen molar-refractivity contribution in [3.05, 3.63) is 94.7 Å². The summed E-state index contributed by atoms with van der Waals surface area (Å²) >= 11 is 3.53. The Morgan fingerprint density at radius 2 is 1.62 bits per heavy atom. The van der Waals surface area contributed by atoms with Crippen molar-refractivity contribution >= 4 is 27.1 Å². The Labute approximate surface area is 148 Å². The Kier molecular flexibility index (Phi) is 3.03. The molecular weight excluding hydrogens is 360 g/mol. The molecule has 2 nitrogen and oxygen atoms in total. The molecule has 1 aliphatic rings. The lowest BCUT2D eigenvalue weighted by molar-refractivity contribution is 0.862. The third-order valence-electron chi connectivity index (χ3n) is 4.71. The number of nitrogens with zero attached hydrogens (tertiary/aromatic N) is 1. The van der Waals surface area contributed by atoms with Crippen LogP contribution in [-0.4, -0.2) is 4.40 Å². The SMILES string of the molecule is Brc1ccc(C2Nc3ccccc3-c3cc4ccccn4c32)cc1. The van der Waals surface area contributed by atoms with E-state index in [-0.39, 0.29) is 6.04 Å². The zero-order valence-electron chi connectivity index (χ0n) is 12.9. The third kappa shape index (κ3) is 2.01. The van der Waals surface area contributed by atoms with Gasteiger partial charge in [-0.2, -0.15) is 0 Å². The molecule has 3 heterocycles. The standard InChI is InChI=1S/C21H15BrN2/c22-15-10-8-14(9-11-15)20-21-18(13-16-5-3-4-12-24(16)21)17-6-1-2-7-19(17)23-20/h1-13,20,23H. The summed E-state index contributed by atoms with van der Waals surface area (Å²) in [5.41, 5.74) is 7.55. The number of nitrogens with one attached hydrogen (secondary N) is 1. The molecule has 1 N–H and O–H groups in total. The molecule has 0 saturated carbocycles. The monoisotopic (exact) mass is 374 g/mol. The number of fused-ring (bicyclic) bond motifs is 5. The number of hydrogen-bond acceptors (Lipinski definition) is 1. The van der Waals surface area contributed by atoms with Crippen molar-refractivity contribution in [3.8, 4) is 11.1 Å². The first-order valence-electron chi connectivity index (χ1n) is 8.03. The van der Waals surface area contributed by atoms with Gasteiger partial charge in [0, 0.05) is 33.0 Å². The van der Waals surface area contributed by atoms with Gasteiger partial charge in [0.2, 0.25) is 0 Å². The maximum Gasteiger partial charge on any atom is 0.0929 e. The topological polar surface area (TPSA) is 16.4 Å². The van der Waals surface area contributed by atoms with Crippen LogP contribution in [-0.2, 0) is 0 Å².